The van der Waals surface area contributed by atoms with Crippen molar-refractivity contribution in [3.05, 3.63) is 35.4 Å². The molecular weight excluding hydrogens is 332 g/mol. The Labute approximate surface area is 153 Å². The van der Waals surface area contributed by atoms with E-state index < -0.39 is 12.0 Å². The van der Waals surface area contributed by atoms with Gasteiger partial charge in [-0.1, -0.05) is 31.2 Å². The van der Waals surface area contributed by atoms with Crippen molar-refractivity contribution >= 4 is 17.8 Å². The van der Waals surface area contributed by atoms with Crippen molar-refractivity contribution in [2.24, 2.45) is 5.92 Å². The molecule has 140 valence electrons. The zero-order valence-corrected chi connectivity index (χ0v) is 15.2. The van der Waals surface area contributed by atoms with Crippen LogP contribution in [0, 0.1) is 5.92 Å². The molecule has 1 aromatic rings. The third-order valence-electron chi connectivity index (χ3n) is 5.40. The molecule has 2 atom stereocenters. The fraction of sp³-hybridized carbons (Fsp3) is 0.550. The molecule has 3 rings (SSSR count). The molecule has 1 fully saturated rings. The highest BCUT2D eigenvalue weighted by Crippen LogP contribution is 2.28. The number of benzene rings is 1. The number of piperidine rings is 1. The van der Waals surface area contributed by atoms with Gasteiger partial charge in [0.15, 0.2) is 0 Å². The summed E-state index contributed by atoms with van der Waals surface area (Å²) in [5.74, 6) is -1.33. The van der Waals surface area contributed by atoms with E-state index >= 15 is 0 Å². The van der Waals surface area contributed by atoms with E-state index in [1.807, 2.05) is 31.2 Å². The lowest BCUT2D eigenvalue weighted by Gasteiger charge is -2.39. The van der Waals surface area contributed by atoms with Gasteiger partial charge in [-0.25, -0.2) is 4.79 Å². The summed E-state index contributed by atoms with van der Waals surface area (Å²) in [7, 11) is 0. The molecule has 1 aromatic carbocycles. The minimum Gasteiger partial charge on any atom is -0.480 e. The second-order valence-electron chi connectivity index (χ2n) is 7.22. The lowest BCUT2D eigenvalue weighted by molar-refractivity contribution is -0.155. The van der Waals surface area contributed by atoms with E-state index in [-0.39, 0.29) is 17.7 Å². The van der Waals surface area contributed by atoms with Crippen LogP contribution in [0.25, 0.3) is 0 Å². The van der Waals surface area contributed by atoms with Gasteiger partial charge in [0.2, 0.25) is 11.8 Å². The number of hydrogen-bond donors (Lipinski definition) is 1. The normalized spacial score (nSPS) is 22.7. The van der Waals surface area contributed by atoms with Gasteiger partial charge in [0.25, 0.3) is 0 Å². The summed E-state index contributed by atoms with van der Waals surface area (Å²) in [6, 6.07) is 6.85. The molecule has 26 heavy (non-hydrogen) atoms. The second-order valence-corrected chi connectivity index (χ2v) is 7.22. The van der Waals surface area contributed by atoms with Crippen LogP contribution < -0.4 is 0 Å². The van der Waals surface area contributed by atoms with Gasteiger partial charge < -0.3 is 14.9 Å². The van der Waals surface area contributed by atoms with Crippen molar-refractivity contribution in [2.45, 2.75) is 51.6 Å². The summed E-state index contributed by atoms with van der Waals surface area (Å²) in [6.07, 6.45) is 3.11. The summed E-state index contributed by atoms with van der Waals surface area (Å²) in [5, 5.41) is 9.63. The van der Waals surface area contributed by atoms with Crippen LogP contribution in [0.5, 0.6) is 0 Å². The number of carboxylic acid groups (broad SMARTS) is 1. The smallest absolute Gasteiger partial charge is 0.326 e. The van der Waals surface area contributed by atoms with Gasteiger partial charge in [-0.3, -0.25) is 9.59 Å². The Morgan fingerprint density at radius 1 is 1.19 bits per heavy atom. The molecule has 2 aliphatic rings. The maximum absolute atomic E-state index is 13.1. The Balaban J connectivity index is 1.77. The van der Waals surface area contributed by atoms with E-state index in [4.69, 9.17) is 0 Å². The van der Waals surface area contributed by atoms with Crippen molar-refractivity contribution in [2.75, 3.05) is 13.1 Å². The molecule has 2 unspecified atom stereocenters. The van der Waals surface area contributed by atoms with Crippen molar-refractivity contribution in [3.8, 4) is 0 Å². The van der Waals surface area contributed by atoms with Crippen molar-refractivity contribution < 1.29 is 19.5 Å². The monoisotopic (exact) mass is 358 g/mol. The zero-order chi connectivity index (χ0) is 18.7. The Kier molecular flexibility index (Phi) is 5.59. The second kappa shape index (κ2) is 7.89. The topological polar surface area (TPSA) is 77.9 Å². The molecule has 1 N–H and O–H groups in total. The lowest BCUT2D eigenvalue weighted by atomic mass is 9.90. The van der Waals surface area contributed by atoms with Gasteiger partial charge in [0.05, 0.1) is 5.92 Å². The summed E-state index contributed by atoms with van der Waals surface area (Å²) in [5.41, 5.74) is 2.00. The first-order chi connectivity index (χ1) is 12.5. The van der Waals surface area contributed by atoms with E-state index in [1.165, 1.54) is 4.90 Å². The van der Waals surface area contributed by atoms with Crippen LogP contribution in [0.2, 0.25) is 0 Å². The first-order valence-corrected chi connectivity index (χ1v) is 9.39. The number of fused-ring (bicyclic) bond motifs is 1. The Hall–Kier alpha value is -2.37. The Morgan fingerprint density at radius 2 is 1.92 bits per heavy atom. The highest BCUT2D eigenvalue weighted by Gasteiger charge is 2.39. The molecule has 6 nitrogen and oxygen atoms in total. The van der Waals surface area contributed by atoms with Crippen molar-refractivity contribution in [1.82, 2.24) is 9.80 Å². The van der Waals surface area contributed by atoms with Gasteiger partial charge >= 0.3 is 5.97 Å². The summed E-state index contributed by atoms with van der Waals surface area (Å²) < 4.78 is 0. The Morgan fingerprint density at radius 3 is 2.62 bits per heavy atom. The van der Waals surface area contributed by atoms with Gasteiger partial charge in [-0.15, -0.1) is 0 Å². The van der Waals surface area contributed by atoms with E-state index in [0.717, 1.165) is 24.0 Å². The minimum absolute atomic E-state index is 0.0868. The van der Waals surface area contributed by atoms with Crippen LogP contribution in [0.4, 0.5) is 0 Å². The molecule has 0 spiro atoms. The van der Waals surface area contributed by atoms with Crippen LogP contribution in [0.15, 0.2) is 24.3 Å². The molecule has 2 aliphatic heterocycles. The quantitative estimate of drug-likeness (QED) is 0.894. The SMILES string of the molecule is CCCC(=O)N1CCCC(C(=O)N2Cc3ccccc3CC2C(=O)O)C1. The summed E-state index contributed by atoms with van der Waals surface area (Å²) >= 11 is 0. The van der Waals surface area contributed by atoms with Gasteiger partial charge in [-0.2, -0.15) is 0 Å². The zero-order valence-electron chi connectivity index (χ0n) is 15.2. The number of nitrogens with zero attached hydrogens (tertiary/aromatic N) is 2. The van der Waals surface area contributed by atoms with E-state index in [1.54, 1.807) is 4.90 Å². The first kappa shape index (κ1) is 18.4. The van der Waals surface area contributed by atoms with Gasteiger partial charge in [0, 0.05) is 32.5 Å². The third kappa shape index (κ3) is 3.74. The number of carboxylic acids is 1. The highest BCUT2D eigenvalue weighted by atomic mass is 16.4. The minimum atomic E-state index is -0.970. The maximum Gasteiger partial charge on any atom is 0.326 e. The third-order valence-corrected chi connectivity index (χ3v) is 5.40. The molecule has 2 heterocycles. The maximum atomic E-state index is 13.1. The van der Waals surface area contributed by atoms with E-state index in [0.29, 0.717) is 38.9 Å². The van der Waals surface area contributed by atoms with Gasteiger partial charge in [-0.05, 0) is 30.4 Å². The van der Waals surface area contributed by atoms with Crippen LogP contribution in [-0.4, -0.2) is 51.8 Å². The van der Waals surface area contributed by atoms with E-state index in [2.05, 4.69) is 0 Å². The molecule has 0 bridgehead atoms. The number of carbonyl (C=O) groups excluding carboxylic acids is 2. The number of amides is 2. The standard InChI is InChI=1S/C20H26N2O4/c1-2-6-18(23)21-10-5-9-16(12-21)19(24)22-13-15-8-4-3-7-14(15)11-17(22)20(25)26/h3-4,7-8,16-17H,2,5-6,9-13H2,1H3,(H,25,26). The molecule has 0 radical (unpaired) electrons. The van der Waals surface area contributed by atoms with Gasteiger partial charge in [0.1, 0.15) is 6.04 Å². The molecule has 0 aromatic heterocycles. The Bertz CT molecular complexity index is 703. The van der Waals surface area contributed by atoms with E-state index in [9.17, 15) is 19.5 Å². The number of rotatable bonds is 4. The van der Waals surface area contributed by atoms with Crippen LogP contribution in [0.3, 0.4) is 0 Å². The molecular formula is C20H26N2O4. The first-order valence-electron chi connectivity index (χ1n) is 9.39. The van der Waals surface area contributed by atoms with Crippen molar-refractivity contribution in [1.29, 1.82) is 0 Å². The number of hydrogen-bond acceptors (Lipinski definition) is 3. The van der Waals surface area contributed by atoms with Crippen LogP contribution in [0.1, 0.15) is 43.7 Å². The largest absolute Gasteiger partial charge is 0.480 e. The highest BCUT2D eigenvalue weighted by molar-refractivity contribution is 5.87. The van der Waals surface area contributed by atoms with Crippen molar-refractivity contribution in [3.63, 3.8) is 0 Å². The van der Waals surface area contributed by atoms with Crippen LogP contribution >= 0.6 is 0 Å². The van der Waals surface area contributed by atoms with Crippen LogP contribution in [-0.2, 0) is 27.3 Å². The molecule has 6 heteroatoms. The predicted molar refractivity (Wildman–Crippen MR) is 96.3 cm³/mol. The number of likely N-dealkylation sites (tertiary alicyclic amines) is 1. The molecule has 2 amide bonds. The fourth-order valence-electron chi connectivity index (χ4n) is 3.99. The lowest BCUT2D eigenvalue weighted by Crippen LogP contribution is -2.53. The summed E-state index contributed by atoms with van der Waals surface area (Å²) in [4.78, 5) is 40.3. The predicted octanol–water partition coefficient (Wildman–Crippen LogP) is 2.06. The number of carbonyl (C=O) groups is 3. The fourth-order valence-corrected chi connectivity index (χ4v) is 3.99. The number of aliphatic carboxylic acids is 1. The average Bonchev–Trinajstić information content (AvgIpc) is 2.66. The summed E-state index contributed by atoms with van der Waals surface area (Å²) in [6.45, 7) is 3.38. The molecule has 0 saturated carbocycles. The average molecular weight is 358 g/mol. The molecule has 1 saturated heterocycles. The molecule has 0 aliphatic carbocycles.